The van der Waals surface area contributed by atoms with Gasteiger partial charge in [0.15, 0.2) is 0 Å². The van der Waals surface area contributed by atoms with Crippen molar-refractivity contribution in [2.45, 2.75) is 20.3 Å². The number of carboxylic acid groups (broad SMARTS) is 1. The number of nitrogens with zero attached hydrogens (tertiary/aromatic N) is 1. The maximum absolute atomic E-state index is 12.1. The summed E-state index contributed by atoms with van der Waals surface area (Å²) in [6.45, 7) is 4.94. The van der Waals surface area contributed by atoms with E-state index in [-0.39, 0.29) is 5.91 Å². The molecule has 1 rings (SSSR count). The number of hydrogen-bond donors (Lipinski definition) is 1. The SMILES string of the molecule is CCC(C)CN(C)C(=O)c1ccc(C=CC(=O)O)s1. The lowest BCUT2D eigenvalue weighted by atomic mass is 10.1. The van der Waals surface area contributed by atoms with Gasteiger partial charge in [0, 0.05) is 24.5 Å². The number of aliphatic carboxylic acids is 1. The lowest BCUT2D eigenvalue weighted by molar-refractivity contribution is -0.131. The Labute approximate surface area is 117 Å². The third kappa shape index (κ3) is 4.87. The summed E-state index contributed by atoms with van der Waals surface area (Å²) in [7, 11) is 1.79. The molecular formula is C14H19NO3S. The number of rotatable bonds is 6. The number of amides is 1. The van der Waals surface area contributed by atoms with Crippen molar-refractivity contribution in [2.75, 3.05) is 13.6 Å². The van der Waals surface area contributed by atoms with Gasteiger partial charge in [-0.1, -0.05) is 20.3 Å². The van der Waals surface area contributed by atoms with Crippen molar-refractivity contribution >= 4 is 29.3 Å². The molecular weight excluding hydrogens is 262 g/mol. The second kappa shape index (κ2) is 7.09. The van der Waals surface area contributed by atoms with Gasteiger partial charge in [-0.2, -0.15) is 0 Å². The third-order valence-corrected chi connectivity index (χ3v) is 3.90. The first-order valence-electron chi connectivity index (χ1n) is 6.20. The quantitative estimate of drug-likeness (QED) is 0.816. The maximum Gasteiger partial charge on any atom is 0.328 e. The fourth-order valence-corrected chi connectivity index (χ4v) is 2.48. The summed E-state index contributed by atoms with van der Waals surface area (Å²) in [5.74, 6) is -0.532. The molecule has 0 saturated heterocycles. The van der Waals surface area contributed by atoms with E-state index in [1.165, 1.54) is 17.4 Å². The summed E-state index contributed by atoms with van der Waals surface area (Å²) >= 11 is 1.30. The van der Waals surface area contributed by atoms with Crippen molar-refractivity contribution in [2.24, 2.45) is 5.92 Å². The highest BCUT2D eigenvalue weighted by atomic mass is 32.1. The van der Waals surface area contributed by atoms with Crippen LogP contribution in [0.2, 0.25) is 0 Å². The molecule has 0 fully saturated rings. The molecule has 1 amide bonds. The van der Waals surface area contributed by atoms with Crippen LogP contribution in [0.4, 0.5) is 0 Å². The zero-order valence-electron chi connectivity index (χ0n) is 11.4. The fourth-order valence-electron chi connectivity index (χ4n) is 1.58. The molecule has 0 aliphatic carbocycles. The summed E-state index contributed by atoms with van der Waals surface area (Å²) in [6, 6.07) is 3.50. The van der Waals surface area contributed by atoms with Crippen LogP contribution in [-0.2, 0) is 4.79 Å². The van der Waals surface area contributed by atoms with Crippen LogP contribution in [0, 0.1) is 5.92 Å². The average Bonchev–Trinajstić information content (AvgIpc) is 2.83. The molecule has 0 aliphatic heterocycles. The summed E-state index contributed by atoms with van der Waals surface area (Å²) in [4.78, 5) is 25.7. The van der Waals surface area contributed by atoms with Gasteiger partial charge in [0.25, 0.3) is 5.91 Å². The highest BCUT2D eigenvalue weighted by Gasteiger charge is 2.15. The first-order valence-corrected chi connectivity index (χ1v) is 7.02. The minimum absolute atomic E-state index is 0.0136. The number of hydrogen-bond acceptors (Lipinski definition) is 3. The molecule has 4 nitrogen and oxygen atoms in total. The van der Waals surface area contributed by atoms with Crippen LogP contribution in [0.25, 0.3) is 6.08 Å². The van der Waals surface area contributed by atoms with Gasteiger partial charge in [0.1, 0.15) is 0 Å². The van der Waals surface area contributed by atoms with Crippen LogP contribution in [-0.4, -0.2) is 35.5 Å². The molecule has 1 atom stereocenters. The molecule has 0 spiro atoms. The summed E-state index contributed by atoms with van der Waals surface area (Å²) < 4.78 is 0. The highest BCUT2D eigenvalue weighted by molar-refractivity contribution is 7.14. The van der Waals surface area contributed by atoms with Crippen LogP contribution >= 0.6 is 11.3 Å². The van der Waals surface area contributed by atoms with Gasteiger partial charge >= 0.3 is 5.97 Å². The molecule has 1 aromatic rings. The molecule has 1 unspecified atom stereocenters. The zero-order valence-corrected chi connectivity index (χ0v) is 12.2. The fraction of sp³-hybridized carbons (Fsp3) is 0.429. The van der Waals surface area contributed by atoms with Gasteiger partial charge < -0.3 is 10.0 Å². The molecule has 0 saturated carbocycles. The largest absolute Gasteiger partial charge is 0.478 e. The standard InChI is InChI=1S/C14H19NO3S/c1-4-10(2)9-15(3)14(18)12-7-5-11(19-12)6-8-13(16)17/h5-8,10H,4,9H2,1-3H3,(H,16,17). The number of carboxylic acids is 1. The highest BCUT2D eigenvalue weighted by Crippen LogP contribution is 2.20. The van der Waals surface area contributed by atoms with Crippen molar-refractivity contribution < 1.29 is 14.7 Å². The Bertz CT molecular complexity index is 479. The van der Waals surface area contributed by atoms with E-state index < -0.39 is 5.97 Å². The molecule has 5 heteroatoms. The molecule has 0 radical (unpaired) electrons. The molecule has 104 valence electrons. The number of carbonyl (C=O) groups excluding carboxylic acids is 1. The summed E-state index contributed by atoms with van der Waals surface area (Å²) in [6.07, 6.45) is 3.61. The summed E-state index contributed by atoms with van der Waals surface area (Å²) in [5.41, 5.74) is 0. The molecule has 0 bridgehead atoms. The summed E-state index contributed by atoms with van der Waals surface area (Å²) in [5, 5.41) is 8.55. The van der Waals surface area contributed by atoms with E-state index in [1.807, 2.05) is 0 Å². The Hall–Kier alpha value is -1.62. The third-order valence-electron chi connectivity index (χ3n) is 2.86. The second-order valence-corrected chi connectivity index (χ2v) is 5.69. The molecule has 19 heavy (non-hydrogen) atoms. The van der Waals surface area contributed by atoms with Crippen LogP contribution in [0.3, 0.4) is 0 Å². The lowest BCUT2D eigenvalue weighted by Gasteiger charge is -2.19. The van der Waals surface area contributed by atoms with E-state index >= 15 is 0 Å². The minimum atomic E-state index is -0.991. The van der Waals surface area contributed by atoms with Gasteiger partial charge in [-0.25, -0.2) is 4.79 Å². The lowest BCUT2D eigenvalue weighted by Crippen LogP contribution is -2.30. The van der Waals surface area contributed by atoms with Gasteiger partial charge in [-0.15, -0.1) is 11.3 Å². The van der Waals surface area contributed by atoms with Gasteiger partial charge in [-0.3, -0.25) is 4.79 Å². The Morgan fingerprint density at radius 2 is 2.16 bits per heavy atom. The van der Waals surface area contributed by atoms with Gasteiger partial charge in [0.05, 0.1) is 4.88 Å². The molecule has 0 aliphatic rings. The first-order chi connectivity index (χ1) is 8.93. The van der Waals surface area contributed by atoms with E-state index in [0.717, 1.165) is 23.9 Å². The smallest absolute Gasteiger partial charge is 0.328 e. The van der Waals surface area contributed by atoms with E-state index in [2.05, 4.69) is 13.8 Å². The van der Waals surface area contributed by atoms with Crippen LogP contribution in [0.1, 0.15) is 34.8 Å². The predicted octanol–water partition coefficient (Wildman–Crippen LogP) is 2.96. The van der Waals surface area contributed by atoms with Gasteiger partial charge in [0.2, 0.25) is 0 Å². The normalized spacial score (nSPS) is 12.6. The van der Waals surface area contributed by atoms with Crippen molar-refractivity contribution in [3.8, 4) is 0 Å². The molecule has 1 aromatic heterocycles. The van der Waals surface area contributed by atoms with Crippen molar-refractivity contribution in [1.82, 2.24) is 4.90 Å². The van der Waals surface area contributed by atoms with Crippen LogP contribution in [0.15, 0.2) is 18.2 Å². The van der Waals surface area contributed by atoms with E-state index in [0.29, 0.717) is 10.8 Å². The van der Waals surface area contributed by atoms with Gasteiger partial charge in [-0.05, 0) is 24.1 Å². The predicted molar refractivity (Wildman–Crippen MR) is 77.4 cm³/mol. The Morgan fingerprint density at radius 1 is 1.47 bits per heavy atom. The molecule has 1 heterocycles. The molecule has 1 N–H and O–H groups in total. The van der Waals surface area contributed by atoms with Crippen molar-refractivity contribution in [1.29, 1.82) is 0 Å². The Balaban J connectivity index is 2.70. The van der Waals surface area contributed by atoms with E-state index in [4.69, 9.17) is 5.11 Å². The monoisotopic (exact) mass is 281 g/mol. The van der Waals surface area contributed by atoms with E-state index in [1.54, 1.807) is 24.1 Å². The number of thiophene rings is 1. The Morgan fingerprint density at radius 3 is 2.74 bits per heavy atom. The Kier molecular flexibility index (Phi) is 5.76. The first kappa shape index (κ1) is 15.4. The van der Waals surface area contributed by atoms with Crippen molar-refractivity contribution in [3.05, 3.63) is 28.0 Å². The zero-order chi connectivity index (χ0) is 14.4. The second-order valence-electron chi connectivity index (χ2n) is 4.57. The number of carbonyl (C=O) groups is 2. The maximum atomic E-state index is 12.1. The average molecular weight is 281 g/mol. The molecule has 0 aromatic carbocycles. The topological polar surface area (TPSA) is 57.6 Å². The van der Waals surface area contributed by atoms with Crippen LogP contribution in [0.5, 0.6) is 0 Å². The van der Waals surface area contributed by atoms with E-state index in [9.17, 15) is 9.59 Å². The van der Waals surface area contributed by atoms with Crippen molar-refractivity contribution in [3.63, 3.8) is 0 Å². The minimum Gasteiger partial charge on any atom is -0.478 e. The van der Waals surface area contributed by atoms with Crippen LogP contribution < -0.4 is 0 Å².